The summed E-state index contributed by atoms with van der Waals surface area (Å²) in [7, 11) is 1.64. The van der Waals surface area contributed by atoms with Gasteiger partial charge in [-0.1, -0.05) is 17.7 Å². The Balaban J connectivity index is 1.40. The summed E-state index contributed by atoms with van der Waals surface area (Å²) < 4.78 is 10.8. The van der Waals surface area contributed by atoms with Crippen LogP contribution >= 0.6 is 0 Å². The van der Waals surface area contributed by atoms with Crippen LogP contribution in [0.15, 0.2) is 48.5 Å². The first-order valence-electron chi connectivity index (χ1n) is 9.13. The van der Waals surface area contributed by atoms with Gasteiger partial charge >= 0.3 is 0 Å². The van der Waals surface area contributed by atoms with Crippen molar-refractivity contribution in [1.82, 2.24) is 4.90 Å². The van der Waals surface area contributed by atoms with Gasteiger partial charge in [0.2, 0.25) is 0 Å². The zero-order valence-corrected chi connectivity index (χ0v) is 15.6. The van der Waals surface area contributed by atoms with Crippen LogP contribution in [-0.4, -0.2) is 62.6 Å². The van der Waals surface area contributed by atoms with Gasteiger partial charge in [0.25, 0.3) is 0 Å². The van der Waals surface area contributed by atoms with Gasteiger partial charge in [0.15, 0.2) is 0 Å². The highest BCUT2D eigenvalue weighted by atomic mass is 16.5. The van der Waals surface area contributed by atoms with Gasteiger partial charge in [-0.25, -0.2) is 0 Å². The summed E-state index contributed by atoms with van der Waals surface area (Å²) in [5.74, 6) is 1.54. The summed E-state index contributed by atoms with van der Waals surface area (Å²) in [5, 5.41) is 10.3. The fourth-order valence-corrected chi connectivity index (χ4v) is 3.16. The van der Waals surface area contributed by atoms with E-state index in [9.17, 15) is 5.11 Å². The van der Waals surface area contributed by atoms with Crippen molar-refractivity contribution in [2.24, 2.45) is 0 Å². The van der Waals surface area contributed by atoms with E-state index in [2.05, 4.69) is 41.0 Å². The molecule has 1 aliphatic rings. The minimum atomic E-state index is -0.497. The highest BCUT2D eigenvalue weighted by Gasteiger charge is 2.19. The van der Waals surface area contributed by atoms with Gasteiger partial charge in [-0.3, -0.25) is 4.90 Å². The number of ether oxygens (including phenoxy) is 2. The summed E-state index contributed by atoms with van der Waals surface area (Å²) >= 11 is 0. The number of aryl methyl sites for hydroxylation is 1. The Kier molecular flexibility index (Phi) is 6.36. The van der Waals surface area contributed by atoms with Crippen molar-refractivity contribution < 1.29 is 14.6 Å². The van der Waals surface area contributed by atoms with Crippen LogP contribution < -0.4 is 14.4 Å². The van der Waals surface area contributed by atoms with Crippen molar-refractivity contribution >= 4 is 5.69 Å². The van der Waals surface area contributed by atoms with Gasteiger partial charge in [-0.15, -0.1) is 0 Å². The van der Waals surface area contributed by atoms with Crippen molar-refractivity contribution in [3.8, 4) is 11.5 Å². The average Bonchev–Trinajstić information content (AvgIpc) is 2.68. The molecule has 0 amide bonds. The van der Waals surface area contributed by atoms with E-state index in [1.807, 2.05) is 24.3 Å². The molecule has 0 aromatic heterocycles. The minimum Gasteiger partial charge on any atom is -0.497 e. The minimum absolute atomic E-state index is 0.296. The third-order valence-corrected chi connectivity index (χ3v) is 4.74. The van der Waals surface area contributed by atoms with E-state index in [1.54, 1.807) is 7.11 Å². The van der Waals surface area contributed by atoms with Gasteiger partial charge < -0.3 is 19.5 Å². The molecule has 1 N–H and O–H groups in total. The van der Waals surface area contributed by atoms with Gasteiger partial charge in [-0.2, -0.15) is 0 Å². The highest BCUT2D eigenvalue weighted by Crippen LogP contribution is 2.18. The molecular formula is C21H28N2O3. The topological polar surface area (TPSA) is 45.2 Å². The number of rotatable bonds is 7. The maximum atomic E-state index is 10.3. The molecule has 140 valence electrons. The van der Waals surface area contributed by atoms with Crippen LogP contribution in [0.3, 0.4) is 0 Å². The summed E-state index contributed by atoms with van der Waals surface area (Å²) in [5.41, 5.74) is 2.56. The fraction of sp³-hybridized carbons (Fsp3) is 0.429. The van der Waals surface area contributed by atoms with Crippen LogP contribution in [0.25, 0.3) is 0 Å². The third-order valence-electron chi connectivity index (χ3n) is 4.74. The molecule has 0 unspecified atom stereocenters. The smallest absolute Gasteiger partial charge is 0.119 e. The Hall–Kier alpha value is -2.24. The van der Waals surface area contributed by atoms with E-state index in [-0.39, 0.29) is 0 Å². The molecular weight excluding hydrogens is 328 g/mol. The quantitative estimate of drug-likeness (QED) is 0.826. The number of piperazine rings is 1. The maximum absolute atomic E-state index is 10.3. The van der Waals surface area contributed by atoms with Crippen molar-refractivity contribution in [2.45, 2.75) is 13.0 Å². The first-order chi connectivity index (χ1) is 12.6. The molecule has 1 fully saturated rings. The van der Waals surface area contributed by atoms with E-state index in [0.29, 0.717) is 13.2 Å². The molecule has 0 aliphatic carbocycles. The predicted octanol–water partition coefficient (Wildman–Crippen LogP) is 2.57. The molecule has 1 aliphatic heterocycles. The monoisotopic (exact) mass is 356 g/mol. The second-order valence-corrected chi connectivity index (χ2v) is 6.76. The molecule has 1 atom stereocenters. The fourth-order valence-electron chi connectivity index (χ4n) is 3.16. The van der Waals surface area contributed by atoms with Crippen molar-refractivity contribution in [3.63, 3.8) is 0 Å². The van der Waals surface area contributed by atoms with Gasteiger partial charge in [0, 0.05) is 38.4 Å². The van der Waals surface area contributed by atoms with E-state index in [4.69, 9.17) is 9.47 Å². The summed E-state index contributed by atoms with van der Waals surface area (Å²) in [6.07, 6.45) is -0.497. The molecule has 5 nitrogen and oxygen atoms in total. The molecule has 0 radical (unpaired) electrons. The molecule has 0 saturated carbocycles. The maximum Gasteiger partial charge on any atom is 0.119 e. The van der Waals surface area contributed by atoms with E-state index in [1.165, 1.54) is 11.3 Å². The number of aliphatic hydroxyl groups excluding tert-OH is 1. The Morgan fingerprint density at radius 3 is 2.15 bits per heavy atom. The number of nitrogens with zero attached hydrogens (tertiary/aromatic N) is 2. The van der Waals surface area contributed by atoms with Crippen molar-refractivity contribution in [1.29, 1.82) is 0 Å². The van der Waals surface area contributed by atoms with E-state index >= 15 is 0 Å². The Labute approximate surface area is 155 Å². The lowest BCUT2D eigenvalue weighted by Crippen LogP contribution is -2.49. The molecule has 5 heteroatoms. The van der Waals surface area contributed by atoms with Crippen LogP contribution in [0.4, 0.5) is 5.69 Å². The van der Waals surface area contributed by atoms with Crippen LogP contribution in [0, 0.1) is 6.92 Å². The van der Waals surface area contributed by atoms with Crippen LogP contribution in [0.5, 0.6) is 11.5 Å². The third kappa shape index (κ3) is 5.13. The SMILES string of the molecule is COc1ccc(OC[C@H](O)CN2CCN(c3ccc(C)cc3)CC2)cc1. The van der Waals surface area contributed by atoms with Crippen LogP contribution in [-0.2, 0) is 0 Å². The molecule has 1 heterocycles. The molecule has 0 bridgehead atoms. The lowest BCUT2D eigenvalue weighted by molar-refractivity contribution is 0.0663. The first kappa shape index (κ1) is 18.5. The molecule has 1 saturated heterocycles. The second-order valence-electron chi connectivity index (χ2n) is 6.76. The number of hydrogen-bond donors (Lipinski definition) is 1. The van der Waals surface area contributed by atoms with Crippen molar-refractivity contribution in [2.75, 3.05) is 51.3 Å². The normalized spacial score (nSPS) is 16.3. The van der Waals surface area contributed by atoms with Gasteiger partial charge in [-0.05, 0) is 43.3 Å². The number of aliphatic hydroxyl groups is 1. The summed E-state index contributed by atoms with van der Waals surface area (Å²) in [6, 6.07) is 16.1. The molecule has 2 aromatic carbocycles. The number of benzene rings is 2. The van der Waals surface area contributed by atoms with E-state index in [0.717, 1.165) is 37.7 Å². The van der Waals surface area contributed by atoms with Crippen molar-refractivity contribution in [3.05, 3.63) is 54.1 Å². The average molecular weight is 356 g/mol. The zero-order valence-electron chi connectivity index (χ0n) is 15.6. The van der Waals surface area contributed by atoms with E-state index < -0.39 is 6.10 Å². The zero-order chi connectivity index (χ0) is 18.4. The lowest BCUT2D eigenvalue weighted by atomic mass is 10.2. The molecule has 3 rings (SSSR count). The highest BCUT2D eigenvalue weighted by molar-refractivity contribution is 5.47. The molecule has 2 aromatic rings. The largest absolute Gasteiger partial charge is 0.497 e. The lowest BCUT2D eigenvalue weighted by Gasteiger charge is -2.36. The Morgan fingerprint density at radius 1 is 0.923 bits per heavy atom. The Morgan fingerprint density at radius 2 is 1.54 bits per heavy atom. The van der Waals surface area contributed by atoms with Gasteiger partial charge in [0.05, 0.1) is 7.11 Å². The second kappa shape index (κ2) is 8.92. The Bertz CT molecular complexity index is 665. The summed E-state index contributed by atoms with van der Waals surface area (Å²) in [6.45, 7) is 6.91. The standard InChI is InChI=1S/C21H28N2O3/c1-17-3-5-18(6-4-17)23-13-11-22(12-14-23)15-19(24)16-26-21-9-7-20(25-2)8-10-21/h3-10,19,24H,11-16H2,1-2H3/t19-/m1/s1. The molecule has 26 heavy (non-hydrogen) atoms. The summed E-state index contributed by atoms with van der Waals surface area (Å²) in [4.78, 5) is 4.70. The number of methoxy groups -OCH3 is 1. The number of hydrogen-bond acceptors (Lipinski definition) is 5. The molecule has 0 spiro atoms. The van der Waals surface area contributed by atoms with Crippen LogP contribution in [0.2, 0.25) is 0 Å². The number of anilines is 1. The van der Waals surface area contributed by atoms with Gasteiger partial charge in [0.1, 0.15) is 24.2 Å². The number of β-amino-alcohol motifs (C(OH)–C–C–N with tert-alkyl or cyclic N) is 1. The first-order valence-corrected chi connectivity index (χ1v) is 9.13. The predicted molar refractivity (Wildman–Crippen MR) is 104 cm³/mol. The van der Waals surface area contributed by atoms with Crippen LogP contribution in [0.1, 0.15) is 5.56 Å².